The molecule has 0 unspecified atom stereocenters. The molecular weight excluding hydrogens is 424 g/mol. The molecule has 0 spiro atoms. The van der Waals surface area contributed by atoms with E-state index in [-0.39, 0.29) is 24.1 Å². The summed E-state index contributed by atoms with van der Waals surface area (Å²) >= 11 is 0. The molecular formula is C21H27F6N3O. The Labute approximate surface area is 177 Å². The average molecular weight is 451 g/mol. The highest BCUT2D eigenvalue weighted by molar-refractivity contribution is 5.82. The van der Waals surface area contributed by atoms with Crippen LogP contribution in [-0.4, -0.2) is 54.5 Å². The highest BCUT2D eigenvalue weighted by Crippen LogP contribution is 2.36. The van der Waals surface area contributed by atoms with Crippen LogP contribution in [0.2, 0.25) is 0 Å². The molecule has 1 aromatic rings. The van der Waals surface area contributed by atoms with E-state index >= 15 is 0 Å². The van der Waals surface area contributed by atoms with E-state index < -0.39 is 29.5 Å². The number of piperidine rings is 1. The van der Waals surface area contributed by atoms with Crippen molar-refractivity contribution >= 4 is 5.91 Å². The third-order valence-corrected chi connectivity index (χ3v) is 5.93. The third kappa shape index (κ3) is 6.58. The summed E-state index contributed by atoms with van der Waals surface area (Å²) < 4.78 is 78.0. The van der Waals surface area contributed by atoms with Gasteiger partial charge in [0.25, 0.3) is 0 Å². The summed E-state index contributed by atoms with van der Waals surface area (Å²) in [6.07, 6.45) is -4.78. The van der Waals surface area contributed by atoms with Gasteiger partial charge < -0.3 is 10.2 Å². The number of nitrogens with zero attached hydrogens (tertiary/aromatic N) is 2. The summed E-state index contributed by atoms with van der Waals surface area (Å²) in [5.41, 5.74) is -2.99. The molecule has 2 saturated heterocycles. The number of carbonyl (C=O) groups excluding carboxylic acids is 1. The minimum atomic E-state index is -4.91. The van der Waals surface area contributed by atoms with Crippen molar-refractivity contribution in [2.24, 2.45) is 0 Å². The van der Waals surface area contributed by atoms with Gasteiger partial charge in [-0.15, -0.1) is 0 Å². The van der Waals surface area contributed by atoms with Gasteiger partial charge in [-0.05, 0) is 69.1 Å². The molecule has 0 aromatic heterocycles. The number of hydrogen-bond acceptors (Lipinski definition) is 3. The number of amides is 1. The SMILES string of the molecule is O=C(NCc1cc(C(F)(F)F)cc(C(F)(F)F)c1)[C@@H]1CCCN1CCN1CCCCC1. The molecule has 2 fully saturated rings. The molecule has 10 heteroatoms. The van der Waals surface area contributed by atoms with E-state index in [2.05, 4.69) is 15.1 Å². The summed E-state index contributed by atoms with van der Waals surface area (Å²) in [6, 6.07) is 0.985. The molecule has 1 aromatic carbocycles. The van der Waals surface area contributed by atoms with Crippen molar-refractivity contribution in [2.75, 3.05) is 32.7 Å². The third-order valence-electron chi connectivity index (χ3n) is 5.93. The molecule has 2 aliphatic heterocycles. The van der Waals surface area contributed by atoms with Gasteiger partial charge in [0, 0.05) is 19.6 Å². The maximum Gasteiger partial charge on any atom is 0.416 e. The zero-order valence-electron chi connectivity index (χ0n) is 17.2. The fourth-order valence-corrected chi connectivity index (χ4v) is 4.27. The van der Waals surface area contributed by atoms with Gasteiger partial charge in [-0.25, -0.2) is 0 Å². The van der Waals surface area contributed by atoms with Crippen LogP contribution in [-0.2, 0) is 23.7 Å². The summed E-state index contributed by atoms with van der Waals surface area (Å²) in [5, 5.41) is 2.54. The number of alkyl halides is 6. The summed E-state index contributed by atoms with van der Waals surface area (Å²) in [7, 11) is 0. The minimum absolute atomic E-state index is 0.0879. The largest absolute Gasteiger partial charge is 0.416 e. The van der Waals surface area contributed by atoms with Crippen LogP contribution < -0.4 is 5.32 Å². The Morgan fingerprint density at radius 3 is 2.06 bits per heavy atom. The molecule has 31 heavy (non-hydrogen) atoms. The van der Waals surface area contributed by atoms with E-state index in [1.165, 1.54) is 19.3 Å². The Morgan fingerprint density at radius 1 is 0.871 bits per heavy atom. The zero-order valence-corrected chi connectivity index (χ0v) is 17.2. The maximum absolute atomic E-state index is 13.0. The number of hydrogen-bond donors (Lipinski definition) is 1. The Balaban J connectivity index is 1.61. The van der Waals surface area contributed by atoms with Crippen molar-refractivity contribution in [3.63, 3.8) is 0 Å². The standard InChI is InChI=1S/C21H27F6N3O/c22-20(23,24)16-11-15(12-17(13-16)21(25,26)27)14-28-19(31)18-5-4-8-30(18)10-9-29-6-2-1-3-7-29/h11-13,18H,1-10,14H2,(H,28,31)/t18-/m0/s1. The molecule has 1 amide bonds. The monoisotopic (exact) mass is 451 g/mol. The van der Waals surface area contributed by atoms with Gasteiger partial charge in [0.15, 0.2) is 0 Å². The molecule has 2 heterocycles. The van der Waals surface area contributed by atoms with Crippen molar-refractivity contribution in [3.05, 3.63) is 34.9 Å². The quantitative estimate of drug-likeness (QED) is 0.656. The van der Waals surface area contributed by atoms with Crippen LogP contribution in [0, 0.1) is 0 Å². The summed E-state index contributed by atoms with van der Waals surface area (Å²) in [4.78, 5) is 17.0. The second-order valence-electron chi connectivity index (χ2n) is 8.23. The maximum atomic E-state index is 13.0. The zero-order chi connectivity index (χ0) is 22.6. The number of likely N-dealkylation sites (tertiary alicyclic amines) is 2. The van der Waals surface area contributed by atoms with Crippen LogP contribution in [0.3, 0.4) is 0 Å². The lowest BCUT2D eigenvalue weighted by Gasteiger charge is -2.30. The fraction of sp³-hybridized carbons (Fsp3) is 0.667. The van der Waals surface area contributed by atoms with Gasteiger partial charge in [0.2, 0.25) is 5.91 Å². The van der Waals surface area contributed by atoms with Crippen molar-refractivity contribution in [1.82, 2.24) is 15.1 Å². The molecule has 0 bridgehead atoms. The number of nitrogens with one attached hydrogen (secondary N) is 1. The average Bonchev–Trinajstić information content (AvgIpc) is 3.18. The second kappa shape index (κ2) is 9.77. The van der Waals surface area contributed by atoms with Gasteiger partial charge in [0.1, 0.15) is 0 Å². The van der Waals surface area contributed by atoms with Gasteiger partial charge in [-0.1, -0.05) is 6.42 Å². The number of benzene rings is 1. The molecule has 4 nitrogen and oxygen atoms in total. The van der Waals surface area contributed by atoms with Crippen LogP contribution >= 0.6 is 0 Å². The normalized spacial score (nSPS) is 21.4. The molecule has 0 saturated carbocycles. The van der Waals surface area contributed by atoms with Crippen LogP contribution in [0.5, 0.6) is 0 Å². The van der Waals surface area contributed by atoms with E-state index in [9.17, 15) is 31.1 Å². The van der Waals surface area contributed by atoms with Crippen LogP contribution in [0.15, 0.2) is 18.2 Å². The van der Waals surface area contributed by atoms with Crippen molar-refractivity contribution in [1.29, 1.82) is 0 Å². The highest BCUT2D eigenvalue weighted by atomic mass is 19.4. The topological polar surface area (TPSA) is 35.6 Å². The lowest BCUT2D eigenvalue weighted by Crippen LogP contribution is -2.46. The smallest absolute Gasteiger partial charge is 0.351 e. The molecule has 174 valence electrons. The first kappa shape index (κ1) is 23.8. The second-order valence-corrected chi connectivity index (χ2v) is 8.23. The fourth-order valence-electron chi connectivity index (χ4n) is 4.27. The van der Waals surface area contributed by atoms with E-state index in [4.69, 9.17) is 0 Å². The molecule has 2 aliphatic rings. The van der Waals surface area contributed by atoms with Crippen molar-refractivity contribution in [2.45, 2.75) is 57.0 Å². The first-order chi connectivity index (χ1) is 14.5. The van der Waals surface area contributed by atoms with Crippen molar-refractivity contribution in [3.8, 4) is 0 Å². The Kier molecular flexibility index (Phi) is 7.51. The van der Waals surface area contributed by atoms with Crippen LogP contribution in [0.1, 0.15) is 48.8 Å². The lowest BCUT2D eigenvalue weighted by molar-refractivity contribution is -0.143. The van der Waals surface area contributed by atoms with E-state index in [0.717, 1.165) is 39.1 Å². The highest BCUT2D eigenvalue weighted by Gasteiger charge is 2.37. The molecule has 0 aliphatic carbocycles. The van der Waals surface area contributed by atoms with Crippen LogP contribution in [0.4, 0.5) is 26.3 Å². The van der Waals surface area contributed by atoms with Gasteiger partial charge in [0.05, 0.1) is 17.2 Å². The molecule has 3 rings (SSSR count). The van der Waals surface area contributed by atoms with E-state index in [1.807, 2.05) is 0 Å². The molecule has 1 atom stereocenters. The summed E-state index contributed by atoms with van der Waals surface area (Å²) in [5.74, 6) is -0.359. The predicted octanol–water partition coefficient (Wildman–Crippen LogP) is 4.29. The van der Waals surface area contributed by atoms with Crippen LogP contribution in [0.25, 0.3) is 0 Å². The van der Waals surface area contributed by atoms with Gasteiger partial charge >= 0.3 is 12.4 Å². The first-order valence-corrected chi connectivity index (χ1v) is 10.6. The number of rotatable bonds is 6. The minimum Gasteiger partial charge on any atom is -0.351 e. The van der Waals surface area contributed by atoms with Gasteiger partial charge in [-0.2, -0.15) is 26.3 Å². The molecule has 0 radical (unpaired) electrons. The lowest BCUT2D eigenvalue weighted by atomic mass is 10.0. The predicted molar refractivity (Wildman–Crippen MR) is 103 cm³/mol. The molecule has 1 N–H and O–H groups in total. The number of halogens is 6. The van der Waals surface area contributed by atoms with E-state index in [1.54, 1.807) is 0 Å². The Hall–Kier alpha value is -1.81. The number of carbonyl (C=O) groups is 1. The van der Waals surface area contributed by atoms with Crippen molar-refractivity contribution < 1.29 is 31.1 Å². The van der Waals surface area contributed by atoms with Gasteiger partial charge in [-0.3, -0.25) is 9.69 Å². The summed E-state index contributed by atoms with van der Waals surface area (Å²) in [6.45, 7) is 4.03. The van der Waals surface area contributed by atoms with E-state index in [0.29, 0.717) is 18.6 Å². The first-order valence-electron chi connectivity index (χ1n) is 10.6. The Bertz CT molecular complexity index is 726. The Morgan fingerprint density at radius 2 is 1.48 bits per heavy atom.